The van der Waals surface area contributed by atoms with Crippen LogP contribution < -0.4 is 9.47 Å². The second-order valence-electron chi connectivity index (χ2n) is 3.91. The van der Waals surface area contributed by atoms with Gasteiger partial charge >= 0.3 is 0 Å². The Kier molecular flexibility index (Phi) is 2.19. The van der Waals surface area contributed by atoms with E-state index in [2.05, 4.69) is 6.07 Å². The average molecular weight is 236 g/mol. The fraction of sp³-hybridized carbons (Fsp3) is 0.417. The first kappa shape index (κ1) is 9.80. The van der Waals surface area contributed by atoms with Crippen molar-refractivity contribution in [3.63, 3.8) is 0 Å². The molecule has 0 radical (unpaired) electrons. The molecule has 2 aliphatic heterocycles. The Balaban J connectivity index is 2.35. The van der Waals surface area contributed by atoms with Crippen molar-refractivity contribution in [1.82, 2.24) is 0 Å². The molecule has 1 aromatic rings. The number of hydrogen-bond acceptors (Lipinski definition) is 3. The Bertz CT molecular complexity index is 470. The maximum atomic E-state index is 9.21. The first-order valence-electron chi connectivity index (χ1n) is 5.29. The van der Waals surface area contributed by atoms with Crippen molar-refractivity contribution in [2.24, 2.45) is 0 Å². The molecule has 0 N–H and O–H groups in total. The highest BCUT2D eigenvalue weighted by molar-refractivity contribution is 6.17. The zero-order chi connectivity index (χ0) is 11.1. The Labute approximate surface area is 98.5 Å². The zero-order valence-electron chi connectivity index (χ0n) is 8.68. The lowest BCUT2D eigenvalue weighted by Crippen LogP contribution is -1.96. The van der Waals surface area contributed by atoms with Gasteiger partial charge in [0.05, 0.1) is 19.1 Å². The zero-order valence-corrected chi connectivity index (χ0v) is 9.43. The van der Waals surface area contributed by atoms with Crippen LogP contribution in [0.25, 0.3) is 0 Å². The molecule has 0 atom stereocenters. The van der Waals surface area contributed by atoms with Crippen molar-refractivity contribution in [2.75, 3.05) is 13.2 Å². The van der Waals surface area contributed by atoms with Crippen LogP contribution in [0.1, 0.15) is 22.3 Å². The highest BCUT2D eigenvalue weighted by Crippen LogP contribution is 2.44. The summed E-state index contributed by atoms with van der Waals surface area (Å²) in [6.45, 7) is 1.27. The first-order chi connectivity index (χ1) is 7.86. The molecule has 0 saturated carbocycles. The summed E-state index contributed by atoms with van der Waals surface area (Å²) in [6.07, 6.45) is 1.60. The minimum Gasteiger partial charge on any atom is -0.493 e. The molecule has 16 heavy (non-hydrogen) atoms. The molecular weight excluding hydrogens is 226 g/mol. The van der Waals surface area contributed by atoms with E-state index in [0.29, 0.717) is 24.7 Å². The third kappa shape index (κ3) is 1.14. The van der Waals surface area contributed by atoms with Gasteiger partial charge < -0.3 is 9.47 Å². The summed E-state index contributed by atoms with van der Waals surface area (Å²) in [5.74, 6) is 1.98. The lowest BCUT2D eigenvalue weighted by atomic mass is 9.95. The molecule has 3 rings (SSSR count). The predicted molar refractivity (Wildman–Crippen MR) is 59.1 cm³/mol. The van der Waals surface area contributed by atoms with Crippen LogP contribution >= 0.6 is 11.6 Å². The van der Waals surface area contributed by atoms with Crippen LogP contribution in [0.2, 0.25) is 0 Å². The van der Waals surface area contributed by atoms with Crippen LogP contribution in [0.5, 0.6) is 11.5 Å². The number of halogens is 1. The molecule has 82 valence electrons. The third-order valence-corrected chi connectivity index (χ3v) is 3.42. The number of benzene rings is 1. The first-order valence-corrected chi connectivity index (χ1v) is 5.82. The summed E-state index contributed by atoms with van der Waals surface area (Å²) >= 11 is 5.97. The van der Waals surface area contributed by atoms with Gasteiger partial charge in [-0.25, -0.2) is 0 Å². The second kappa shape index (κ2) is 3.57. The van der Waals surface area contributed by atoms with Gasteiger partial charge in [0, 0.05) is 29.5 Å². The molecule has 3 nitrogen and oxygen atoms in total. The molecule has 2 heterocycles. The molecule has 0 bridgehead atoms. The molecule has 0 amide bonds. The molecule has 0 aromatic heterocycles. The SMILES string of the molecule is N#Cc1c2c(c(CCl)c3c1OCC3)OCC2. The van der Waals surface area contributed by atoms with Crippen molar-refractivity contribution >= 4 is 11.6 Å². The van der Waals surface area contributed by atoms with Gasteiger partial charge in [0.25, 0.3) is 0 Å². The summed E-state index contributed by atoms with van der Waals surface area (Å²) in [5.41, 5.74) is 3.69. The molecule has 4 heteroatoms. The van der Waals surface area contributed by atoms with Crippen LogP contribution in [-0.2, 0) is 18.7 Å². The molecule has 0 fully saturated rings. The number of ether oxygens (including phenoxy) is 2. The Hall–Kier alpha value is -1.40. The molecule has 0 aliphatic carbocycles. The monoisotopic (exact) mass is 235 g/mol. The Morgan fingerprint density at radius 1 is 1.12 bits per heavy atom. The quantitative estimate of drug-likeness (QED) is 0.701. The molecule has 1 aromatic carbocycles. The van der Waals surface area contributed by atoms with Gasteiger partial charge in [0.15, 0.2) is 0 Å². The van der Waals surface area contributed by atoms with Gasteiger partial charge in [0.1, 0.15) is 23.1 Å². The second-order valence-corrected chi connectivity index (χ2v) is 4.18. The molecule has 0 saturated heterocycles. The van der Waals surface area contributed by atoms with E-state index in [1.54, 1.807) is 0 Å². The summed E-state index contributed by atoms with van der Waals surface area (Å²) in [7, 11) is 0. The van der Waals surface area contributed by atoms with Crippen molar-refractivity contribution in [3.8, 4) is 17.6 Å². The Morgan fingerprint density at radius 3 is 2.50 bits per heavy atom. The largest absolute Gasteiger partial charge is 0.493 e. The number of rotatable bonds is 1. The summed E-state index contributed by atoms with van der Waals surface area (Å²) in [4.78, 5) is 0. The van der Waals surface area contributed by atoms with Gasteiger partial charge in [-0.05, 0) is 0 Å². The van der Waals surface area contributed by atoms with E-state index in [1.165, 1.54) is 0 Å². The fourth-order valence-corrected chi connectivity index (χ4v) is 2.75. The van der Waals surface area contributed by atoms with Crippen LogP contribution in [-0.4, -0.2) is 13.2 Å². The smallest absolute Gasteiger partial charge is 0.141 e. The number of nitrogens with zero attached hydrogens (tertiary/aromatic N) is 1. The van der Waals surface area contributed by atoms with E-state index in [0.717, 1.165) is 41.0 Å². The van der Waals surface area contributed by atoms with Crippen LogP contribution in [0.4, 0.5) is 0 Å². The van der Waals surface area contributed by atoms with Gasteiger partial charge in [-0.2, -0.15) is 5.26 Å². The fourth-order valence-electron chi connectivity index (χ4n) is 2.46. The van der Waals surface area contributed by atoms with Gasteiger partial charge in [0.2, 0.25) is 0 Å². The van der Waals surface area contributed by atoms with E-state index in [4.69, 9.17) is 21.1 Å². The van der Waals surface area contributed by atoms with Crippen molar-refractivity contribution in [2.45, 2.75) is 18.7 Å². The third-order valence-electron chi connectivity index (χ3n) is 3.16. The minimum absolute atomic E-state index is 0.416. The molecule has 0 unspecified atom stereocenters. The van der Waals surface area contributed by atoms with Crippen LogP contribution in [0, 0.1) is 11.3 Å². The highest BCUT2D eigenvalue weighted by Gasteiger charge is 2.30. The summed E-state index contributed by atoms with van der Waals surface area (Å²) in [6, 6.07) is 2.23. The topological polar surface area (TPSA) is 42.2 Å². The van der Waals surface area contributed by atoms with E-state index < -0.39 is 0 Å². The van der Waals surface area contributed by atoms with Crippen molar-refractivity contribution < 1.29 is 9.47 Å². The standard InChI is InChI=1S/C12H10ClNO2/c13-5-9-7-1-3-16-12(7)10(6-14)8-2-4-15-11(8)9/h1-5H2. The minimum atomic E-state index is 0.416. The van der Waals surface area contributed by atoms with Crippen LogP contribution in [0.15, 0.2) is 0 Å². The lowest BCUT2D eigenvalue weighted by Gasteiger charge is -2.12. The van der Waals surface area contributed by atoms with Gasteiger partial charge in [-0.3, -0.25) is 0 Å². The van der Waals surface area contributed by atoms with E-state index in [1.807, 2.05) is 0 Å². The molecule has 2 aliphatic rings. The summed E-state index contributed by atoms with van der Waals surface area (Å²) < 4.78 is 11.1. The number of alkyl halides is 1. The normalized spacial score (nSPS) is 16.0. The van der Waals surface area contributed by atoms with Crippen LogP contribution in [0.3, 0.4) is 0 Å². The van der Waals surface area contributed by atoms with Crippen molar-refractivity contribution in [1.29, 1.82) is 5.26 Å². The van der Waals surface area contributed by atoms with Crippen molar-refractivity contribution in [3.05, 3.63) is 22.3 Å². The van der Waals surface area contributed by atoms with E-state index >= 15 is 0 Å². The van der Waals surface area contributed by atoms with Gasteiger partial charge in [-0.1, -0.05) is 0 Å². The maximum Gasteiger partial charge on any atom is 0.141 e. The molecule has 0 spiro atoms. The highest BCUT2D eigenvalue weighted by atomic mass is 35.5. The number of nitriles is 1. The predicted octanol–water partition coefficient (Wildman–Crippen LogP) is 2.17. The lowest BCUT2D eigenvalue weighted by molar-refractivity contribution is 0.354. The maximum absolute atomic E-state index is 9.21. The Morgan fingerprint density at radius 2 is 1.81 bits per heavy atom. The van der Waals surface area contributed by atoms with E-state index in [-0.39, 0.29) is 0 Å². The average Bonchev–Trinajstić information content (AvgIpc) is 2.93. The van der Waals surface area contributed by atoms with Gasteiger partial charge in [-0.15, -0.1) is 11.6 Å². The summed E-state index contributed by atoms with van der Waals surface area (Å²) in [5, 5.41) is 9.21. The number of hydrogen-bond donors (Lipinski definition) is 0. The number of fused-ring (bicyclic) bond motifs is 2. The molecular formula is C12H10ClNO2. The van der Waals surface area contributed by atoms with E-state index in [9.17, 15) is 5.26 Å².